The summed E-state index contributed by atoms with van der Waals surface area (Å²) in [7, 11) is 0. The van der Waals surface area contributed by atoms with E-state index in [-0.39, 0.29) is 11.9 Å². The molecule has 1 aromatic carbocycles. The molecule has 0 saturated carbocycles. The molecule has 0 aliphatic heterocycles. The smallest absolute Gasteiger partial charge is 0.129 e. The highest BCUT2D eigenvalue weighted by Crippen LogP contribution is 2.22. The van der Waals surface area contributed by atoms with Crippen LogP contribution in [-0.4, -0.2) is 25.9 Å². The maximum absolute atomic E-state index is 13.7. The zero-order valence-corrected chi connectivity index (χ0v) is 11.8. The summed E-state index contributed by atoms with van der Waals surface area (Å²) in [4.78, 5) is 0. The maximum Gasteiger partial charge on any atom is 0.129 e. The van der Waals surface area contributed by atoms with E-state index >= 15 is 0 Å². The summed E-state index contributed by atoms with van der Waals surface area (Å²) in [6, 6.07) is 6.31. The number of hydrogen-bond donors (Lipinski definition) is 1. The van der Waals surface area contributed by atoms with Crippen LogP contribution in [0, 0.1) is 5.82 Å². The van der Waals surface area contributed by atoms with Gasteiger partial charge in [-0.2, -0.15) is 0 Å². The molecule has 0 bridgehead atoms. The molecule has 0 radical (unpaired) electrons. The van der Waals surface area contributed by atoms with E-state index in [1.54, 1.807) is 18.2 Å². The molecule has 0 aliphatic rings. The fraction of sp³-hybridized carbons (Fsp3) is 0.600. The van der Waals surface area contributed by atoms with Crippen LogP contribution in [0.2, 0.25) is 0 Å². The van der Waals surface area contributed by atoms with Crippen molar-refractivity contribution in [1.29, 1.82) is 0 Å². The van der Waals surface area contributed by atoms with Crippen molar-refractivity contribution >= 4 is 0 Å². The average Bonchev–Trinajstić information content (AvgIpc) is 2.39. The second kappa shape index (κ2) is 9.02. The monoisotopic (exact) mass is 269 g/mol. The molecule has 2 atom stereocenters. The normalized spacial score (nSPS) is 14.3. The Balaban J connectivity index is 2.44. The average molecular weight is 269 g/mol. The van der Waals surface area contributed by atoms with Crippen molar-refractivity contribution in [2.75, 3.05) is 19.8 Å². The van der Waals surface area contributed by atoms with E-state index in [1.807, 2.05) is 6.92 Å². The largest absolute Gasteiger partial charge is 0.379 e. The molecule has 19 heavy (non-hydrogen) atoms. The lowest BCUT2D eigenvalue weighted by Gasteiger charge is -2.22. The van der Waals surface area contributed by atoms with Crippen LogP contribution in [0.5, 0.6) is 0 Å². The molecular formula is C15H24FNO2. The van der Waals surface area contributed by atoms with E-state index < -0.39 is 6.10 Å². The van der Waals surface area contributed by atoms with Crippen molar-refractivity contribution in [2.45, 2.75) is 38.8 Å². The van der Waals surface area contributed by atoms with Crippen LogP contribution in [-0.2, 0) is 9.47 Å². The number of rotatable bonds is 9. The molecule has 0 aromatic heterocycles. The highest BCUT2D eigenvalue weighted by atomic mass is 19.1. The van der Waals surface area contributed by atoms with Gasteiger partial charge in [-0.3, -0.25) is 0 Å². The SMILES string of the molecule is CCCCOCCOC(c1ccccc1F)C(C)N. The summed E-state index contributed by atoms with van der Waals surface area (Å²) < 4.78 is 24.8. The Labute approximate surface area is 114 Å². The second-order valence-corrected chi connectivity index (χ2v) is 4.64. The number of benzene rings is 1. The topological polar surface area (TPSA) is 44.5 Å². The van der Waals surface area contributed by atoms with Gasteiger partial charge >= 0.3 is 0 Å². The van der Waals surface area contributed by atoms with Crippen molar-refractivity contribution in [1.82, 2.24) is 0 Å². The number of ether oxygens (including phenoxy) is 2. The standard InChI is InChI=1S/C15H24FNO2/c1-3-4-9-18-10-11-19-15(12(2)17)13-7-5-6-8-14(13)16/h5-8,12,15H,3-4,9-11,17H2,1-2H3. The van der Waals surface area contributed by atoms with Crippen LogP contribution in [0.15, 0.2) is 24.3 Å². The van der Waals surface area contributed by atoms with Gasteiger partial charge in [0.05, 0.1) is 13.2 Å². The fourth-order valence-corrected chi connectivity index (χ4v) is 1.81. The minimum Gasteiger partial charge on any atom is -0.379 e. The molecule has 0 saturated heterocycles. The van der Waals surface area contributed by atoms with Crippen molar-refractivity contribution in [3.63, 3.8) is 0 Å². The summed E-state index contributed by atoms with van der Waals surface area (Å²) in [6.07, 6.45) is 1.72. The van der Waals surface area contributed by atoms with Gasteiger partial charge in [0.15, 0.2) is 0 Å². The lowest BCUT2D eigenvalue weighted by atomic mass is 10.0. The van der Waals surface area contributed by atoms with E-state index in [2.05, 4.69) is 6.92 Å². The van der Waals surface area contributed by atoms with Crippen LogP contribution in [0.3, 0.4) is 0 Å². The maximum atomic E-state index is 13.7. The van der Waals surface area contributed by atoms with Crippen molar-refractivity contribution in [2.24, 2.45) is 5.73 Å². The first-order valence-electron chi connectivity index (χ1n) is 6.86. The molecule has 108 valence electrons. The summed E-state index contributed by atoms with van der Waals surface area (Å²) >= 11 is 0. The Morgan fingerprint density at radius 1 is 1.21 bits per heavy atom. The molecule has 2 N–H and O–H groups in total. The minimum atomic E-state index is -0.434. The van der Waals surface area contributed by atoms with Gasteiger partial charge in [0.25, 0.3) is 0 Å². The van der Waals surface area contributed by atoms with Gasteiger partial charge in [0.1, 0.15) is 11.9 Å². The quantitative estimate of drug-likeness (QED) is 0.701. The molecule has 1 aromatic rings. The van der Waals surface area contributed by atoms with Crippen molar-refractivity contribution < 1.29 is 13.9 Å². The van der Waals surface area contributed by atoms with Crippen molar-refractivity contribution in [3.8, 4) is 0 Å². The third-order valence-corrected chi connectivity index (χ3v) is 2.86. The van der Waals surface area contributed by atoms with E-state index in [0.29, 0.717) is 18.8 Å². The van der Waals surface area contributed by atoms with Crippen LogP contribution in [0.1, 0.15) is 38.4 Å². The van der Waals surface area contributed by atoms with Gasteiger partial charge in [-0.15, -0.1) is 0 Å². The Morgan fingerprint density at radius 2 is 1.95 bits per heavy atom. The molecule has 0 amide bonds. The first-order valence-corrected chi connectivity index (χ1v) is 6.86. The molecule has 0 aliphatic carbocycles. The molecule has 4 heteroatoms. The number of unbranched alkanes of at least 4 members (excludes halogenated alkanes) is 1. The number of nitrogens with two attached hydrogens (primary N) is 1. The predicted molar refractivity (Wildman–Crippen MR) is 74.5 cm³/mol. The lowest BCUT2D eigenvalue weighted by Crippen LogP contribution is -2.28. The van der Waals surface area contributed by atoms with Crippen LogP contribution >= 0.6 is 0 Å². The molecule has 0 spiro atoms. The van der Waals surface area contributed by atoms with E-state index in [9.17, 15) is 4.39 Å². The Kier molecular flexibility index (Phi) is 7.63. The highest BCUT2D eigenvalue weighted by molar-refractivity contribution is 5.21. The number of hydrogen-bond acceptors (Lipinski definition) is 3. The van der Waals surface area contributed by atoms with Crippen LogP contribution < -0.4 is 5.73 Å². The second-order valence-electron chi connectivity index (χ2n) is 4.64. The summed E-state index contributed by atoms with van der Waals surface area (Å²) in [5.41, 5.74) is 6.37. The summed E-state index contributed by atoms with van der Waals surface area (Å²) in [5.74, 6) is -0.281. The Morgan fingerprint density at radius 3 is 2.58 bits per heavy atom. The summed E-state index contributed by atoms with van der Waals surface area (Å²) in [5, 5.41) is 0. The van der Waals surface area contributed by atoms with E-state index in [1.165, 1.54) is 6.07 Å². The Bertz CT molecular complexity index is 358. The fourth-order valence-electron chi connectivity index (χ4n) is 1.81. The first kappa shape index (κ1) is 16.1. The highest BCUT2D eigenvalue weighted by Gasteiger charge is 2.19. The zero-order valence-electron chi connectivity index (χ0n) is 11.8. The predicted octanol–water partition coefficient (Wildman–Crippen LogP) is 3.05. The minimum absolute atomic E-state index is 0.271. The third-order valence-electron chi connectivity index (χ3n) is 2.86. The van der Waals surface area contributed by atoms with E-state index in [0.717, 1.165) is 19.4 Å². The van der Waals surface area contributed by atoms with Gasteiger partial charge in [-0.05, 0) is 19.4 Å². The number of halogens is 1. The van der Waals surface area contributed by atoms with Gasteiger partial charge in [0, 0.05) is 18.2 Å². The van der Waals surface area contributed by atoms with Crippen LogP contribution in [0.4, 0.5) is 4.39 Å². The van der Waals surface area contributed by atoms with Gasteiger partial charge in [-0.25, -0.2) is 4.39 Å². The first-order chi connectivity index (χ1) is 9.16. The van der Waals surface area contributed by atoms with E-state index in [4.69, 9.17) is 15.2 Å². The molecule has 1 rings (SSSR count). The molecule has 3 nitrogen and oxygen atoms in total. The van der Waals surface area contributed by atoms with Gasteiger partial charge in [0.2, 0.25) is 0 Å². The molecule has 2 unspecified atom stereocenters. The lowest BCUT2D eigenvalue weighted by molar-refractivity contribution is -0.00671. The van der Waals surface area contributed by atoms with Gasteiger partial charge < -0.3 is 15.2 Å². The summed E-state index contributed by atoms with van der Waals surface area (Å²) in [6.45, 7) is 5.60. The molecular weight excluding hydrogens is 245 g/mol. The Hall–Kier alpha value is -0.970. The third kappa shape index (κ3) is 5.68. The molecule has 0 heterocycles. The van der Waals surface area contributed by atoms with Crippen LogP contribution in [0.25, 0.3) is 0 Å². The zero-order chi connectivity index (χ0) is 14.1. The van der Waals surface area contributed by atoms with Crippen molar-refractivity contribution in [3.05, 3.63) is 35.6 Å². The van der Waals surface area contributed by atoms with Gasteiger partial charge in [-0.1, -0.05) is 31.5 Å². The molecule has 0 fully saturated rings.